The lowest BCUT2D eigenvalue weighted by Crippen LogP contribution is -2.46. The highest BCUT2D eigenvalue weighted by Gasteiger charge is 2.38. The van der Waals surface area contributed by atoms with Crippen molar-refractivity contribution < 1.29 is 91.3 Å². The fourth-order valence-corrected chi connectivity index (χ4v) is 4.15. The molecule has 0 bridgehead atoms. The summed E-state index contributed by atoms with van der Waals surface area (Å²) in [6.07, 6.45) is 6.39. The molecule has 0 aromatic rings. The van der Waals surface area contributed by atoms with E-state index in [1.807, 2.05) is 0 Å². The fourth-order valence-electron chi connectivity index (χ4n) is 4.15. The second kappa shape index (κ2) is 40.3. The van der Waals surface area contributed by atoms with Gasteiger partial charge in [-0.05, 0) is 36.5 Å². The van der Waals surface area contributed by atoms with E-state index in [0.29, 0.717) is 0 Å². The molecule has 0 aromatic carbocycles. The maximum atomic E-state index is 11.6. The van der Waals surface area contributed by atoms with Crippen LogP contribution in [0, 0.1) is 10.8 Å². The molecule has 0 heterocycles. The molecule has 0 atom stereocenters. The normalized spacial score (nSPS) is 11.1. The number of carbonyl (C=O) groups is 6. The third-order valence-electron chi connectivity index (χ3n) is 7.58. The quantitative estimate of drug-likeness (QED) is 0.0133. The van der Waals surface area contributed by atoms with Gasteiger partial charge in [0.25, 0.3) is 0 Å². The highest BCUT2D eigenvalue weighted by Crippen LogP contribution is 2.26. The molecule has 25 nitrogen and oxygen atoms in total. The summed E-state index contributed by atoms with van der Waals surface area (Å²) in [5.74, 6) is -2.87. The number of nitrogens with one attached hydrogen (secondary N) is 6. The van der Waals surface area contributed by atoms with Gasteiger partial charge in [-0.15, -0.1) is 0 Å². The van der Waals surface area contributed by atoms with Crippen LogP contribution in [0.5, 0.6) is 0 Å². The van der Waals surface area contributed by atoms with Crippen LogP contribution >= 0.6 is 0 Å². The Hall–Kier alpha value is -5.26. The molecule has 65 heavy (non-hydrogen) atoms. The van der Waals surface area contributed by atoms with Crippen LogP contribution in [0.2, 0.25) is 0 Å². The number of hydrogen-bond acceptors (Lipinski definition) is 19. The number of ether oxygens (including phenoxy) is 7. The molecule has 0 spiro atoms. The summed E-state index contributed by atoms with van der Waals surface area (Å²) in [4.78, 5) is 101. The summed E-state index contributed by atoms with van der Waals surface area (Å²) in [5, 5.41) is 14.6. The van der Waals surface area contributed by atoms with Crippen molar-refractivity contribution in [3.63, 3.8) is 0 Å². The second-order valence-corrected chi connectivity index (χ2v) is 12.9. The highest BCUT2D eigenvalue weighted by molar-refractivity contribution is 5.88. The highest BCUT2D eigenvalue weighted by atomic mass is 17.2. The number of hydrogen-bond donors (Lipinski definition) is 6. The lowest BCUT2D eigenvalue weighted by Gasteiger charge is -2.36. The predicted octanol–water partition coefficient (Wildman–Crippen LogP) is -1.52. The van der Waals surface area contributed by atoms with Gasteiger partial charge in [0, 0.05) is 0 Å². The zero-order valence-electron chi connectivity index (χ0n) is 36.6. The van der Waals surface area contributed by atoms with Gasteiger partial charge in [0.05, 0.1) is 103 Å². The largest absolute Gasteiger partial charge is 0.380 e. The molecular formula is C40H64N6O19. The molecule has 0 aliphatic heterocycles. The van der Waals surface area contributed by atoms with Gasteiger partial charge < -0.3 is 65.1 Å². The number of amides is 6. The van der Waals surface area contributed by atoms with Gasteiger partial charge >= 0.3 is 0 Å². The molecule has 0 aliphatic carbocycles. The zero-order chi connectivity index (χ0) is 48.3. The van der Waals surface area contributed by atoms with E-state index in [-0.39, 0.29) is 133 Å². The van der Waals surface area contributed by atoms with Gasteiger partial charge in [0.2, 0.25) is 35.4 Å². The van der Waals surface area contributed by atoms with Gasteiger partial charge in [-0.25, -0.2) is 29.3 Å². The summed E-state index contributed by atoms with van der Waals surface area (Å²) in [5.41, 5.74) is -2.47. The van der Waals surface area contributed by atoms with Gasteiger partial charge in [-0.3, -0.25) is 28.8 Å². The molecule has 0 rings (SSSR count). The molecule has 0 aromatic heterocycles. The zero-order valence-corrected chi connectivity index (χ0v) is 36.6. The maximum absolute atomic E-state index is 11.6. The maximum Gasteiger partial charge on any atom is 0.245 e. The van der Waals surface area contributed by atoms with Crippen LogP contribution in [0.3, 0.4) is 0 Å². The Labute approximate surface area is 377 Å². The van der Waals surface area contributed by atoms with Crippen LogP contribution in [0.4, 0.5) is 0 Å². The Morgan fingerprint density at radius 1 is 0.292 bits per heavy atom. The molecular weight excluding hydrogens is 868 g/mol. The standard InChI is InChI=1S/C40H64N6O19/c1-7-33(47)41-27-56-16-13-53-19-39(20-54-14-17-57-28-42-34(48)8-2,21-55-15-18-58-29-43-35(49)9-3)22-59-23-40(24-60-63-30-44-36(50)10-4,25-61-64-31-45-37(51)11-5)26-62-65-32-46-38(52)12-6/h7-12H,1-6,13-32H2,(H,41,47)(H,42,48)(H,43,49)(H,44,50)(H,45,51)(H,46,52). The Morgan fingerprint density at radius 2 is 0.508 bits per heavy atom. The van der Waals surface area contributed by atoms with Crippen molar-refractivity contribution in [1.82, 2.24) is 31.9 Å². The molecule has 368 valence electrons. The summed E-state index contributed by atoms with van der Waals surface area (Å²) in [6.45, 7) is 17.6. The van der Waals surface area contributed by atoms with E-state index in [1.54, 1.807) is 0 Å². The second-order valence-electron chi connectivity index (χ2n) is 12.9. The van der Waals surface area contributed by atoms with Crippen molar-refractivity contribution in [3.8, 4) is 0 Å². The Kier molecular flexibility index (Phi) is 37.0. The lowest BCUT2D eigenvalue weighted by molar-refractivity contribution is -0.374. The molecule has 6 amide bonds. The van der Waals surface area contributed by atoms with Gasteiger partial charge in [0.1, 0.15) is 20.2 Å². The van der Waals surface area contributed by atoms with E-state index in [2.05, 4.69) is 71.4 Å². The minimum Gasteiger partial charge on any atom is -0.380 e. The first-order valence-electron chi connectivity index (χ1n) is 19.6. The minimum atomic E-state index is -1.38. The third-order valence-corrected chi connectivity index (χ3v) is 7.58. The average molecular weight is 933 g/mol. The van der Waals surface area contributed by atoms with E-state index in [0.717, 1.165) is 36.5 Å². The number of rotatable bonds is 46. The average Bonchev–Trinajstić information content (AvgIpc) is 3.31. The Balaban J connectivity index is 6.45. The van der Waals surface area contributed by atoms with E-state index in [9.17, 15) is 28.8 Å². The summed E-state index contributed by atoms with van der Waals surface area (Å²) < 4.78 is 40.7. The van der Waals surface area contributed by atoms with Crippen molar-refractivity contribution in [2.75, 3.05) is 133 Å². The SMILES string of the molecule is C=CC(=O)NCOCCOCC(COCCOCNC(=O)C=C)(COCCOCNC(=O)C=C)COCC(COOCNC(=O)C=C)(COOCNC(=O)C=C)COOCNC(=O)C=C. The van der Waals surface area contributed by atoms with Crippen LogP contribution < -0.4 is 31.9 Å². The molecule has 25 heteroatoms. The van der Waals surface area contributed by atoms with Crippen LogP contribution in [0.25, 0.3) is 0 Å². The van der Waals surface area contributed by atoms with E-state index in [4.69, 9.17) is 62.5 Å². The monoisotopic (exact) mass is 932 g/mol. The molecule has 0 saturated carbocycles. The predicted molar refractivity (Wildman–Crippen MR) is 226 cm³/mol. The van der Waals surface area contributed by atoms with E-state index < -0.39 is 46.3 Å². The Morgan fingerprint density at radius 3 is 0.769 bits per heavy atom. The van der Waals surface area contributed by atoms with Gasteiger partial charge in [-0.2, -0.15) is 0 Å². The third kappa shape index (κ3) is 33.9. The van der Waals surface area contributed by atoms with Crippen LogP contribution in [-0.2, 0) is 91.3 Å². The molecule has 0 fully saturated rings. The number of carbonyl (C=O) groups excluding carboxylic acids is 6. The first kappa shape index (κ1) is 59.7. The minimum absolute atomic E-state index is 0.0529. The smallest absolute Gasteiger partial charge is 0.245 e. The van der Waals surface area contributed by atoms with Gasteiger partial charge in [0.15, 0.2) is 20.2 Å². The van der Waals surface area contributed by atoms with Crippen molar-refractivity contribution in [3.05, 3.63) is 75.9 Å². The summed E-state index contributed by atoms with van der Waals surface area (Å²) in [7, 11) is 0. The van der Waals surface area contributed by atoms with Crippen LogP contribution in [-0.4, -0.2) is 168 Å². The molecule has 6 N–H and O–H groups in total. The molecule has 0 saturated heterocycles. The van der Waals surface area contributed by atoms with Crippen molar-refractivity contribution in [2.24, 2.45) is 10.8 Å². The summed E-state index contributed by atoms with van der Waals surface area (Å²) >= 11 is 0. The first-order chi connectivity index (χ1) is 31.4. The fraction of sp³-hybridized carbons (Fsp3) is 0.550. The first-order valence-corrected chi connectivity index (χ1v) is 19.6. The van der Waals surface area contributed by atoms with E-state index in [1.165, 1.54) is 0 Å². The topological polar surface area (TPSA) is 295 Å². The Bertz CT molecular complexity index is 1290. The van der Waals surface area contributed by atoms with Crippen LogP contribution in [0.1, 0.15) is 0 Å². The summed E-state index contributed by atoms with van der Waals surface area (Å²) in [6, 6.07) is 0. The van der Waals surface area contributed by atoms with Gasteiger partial charge in [-0.1, -0.05) is 39.5 Å². The molecule has 0 radical (unpaired) electrons. The van der Waals surface area contributed by atoms with Crippen molar-refractivity contribution >= 4 is 35.4 Å². The van der Waals surface area contributed by atoms with Crippen LogP contribution in [0.15, 0.2) is 75.9 Å². The lowest BCUT2D eigenvalue weighted by atomic mass is 9.90. The molecule has 0 aliphatic rings. The molecule has 0 unspecified atom stereocenters. The van der Waals surface area contributed by atoms with Crippen molar-refractivity contribution in [2.45, 2.75) is 0 Å². The van der Waals surface area contributed by atoms with Crippen molar-refractivity contribution in [1.29, 1.82) is 0 Å². The van der Waals surface area contributed by atoms with E-state index >= 15 is 0 Å².